The van der Waals surface area contributed by atoms with Crippen molar-refractivity contribution < 1.29 is 4.92 Å². The number of pyridine rings is 1. The number of nitro groups is 1. The van der Waals surface area contributed by atoms with Crippen LogP contribution in [0, 0.1) is 10.1 Å². The Bertz CT molecular complexity index is 446. The summed E-state index contributed by atoms with van der Waals surface area (Å²) in [6.07, 6.45) is 2.48. The van der Waals surface area contributed by atoms with Crippen molar-refractivity contribution in [2.45, 2.75) is 6.42 Å². The van der Waals surface area contributed by atoms with Gasteiger partial charge in [-0.2, -0.15) is 0 Å². The van der Waals surface area contributed by atoms with E-state index in [0.717, 1.165) is 18.7 Å². The van der Waals surface area contributed by atoms with Crippen LogP contribution in [-0.4, -0.2) is 35.4 Å². The lowest BCUT2D eigenvalue weighted by molar-refractivity contribution is -0.463. The second-order valence-electron chi connectivity index (χ2n) is 3.63. The Morgan fingerprint density at radius 1 is 1.53 bits per heavy atom. The molecule has 0 saturated carbocycles. The molecule has 0 aliphatic carbocycles. The van der Waals surface area contributed by atoms with Gasteiger partial charge in [-0.15, -0.1) is 0 Å². The van der Waals surface area contributed by atoms with Gasteiger partial charge in [-0.1, -0.05) is 11.6 Å². The van der Waals surface area contributed by atoms with E-state index in [4.69, 9.17) is 11.6 Å². The molecule has 0 amide bonds. The van der Waals surface area contributed by atoms with Crippen molar-refractivity contribution in [3.05, 3.63) is 33.6 Å². The van der Waals surface area contributed by atoms with Crippen LogP contribution in [0.25, 0.3) is 0 Å². The SMILES string of the molecule is O=[N+]([O-])CC1=NCCCN1c1ccc(Cl)nc1. The van der Waals surface area contributed by atoms with Crippen LogP contribution in [0.4, 0.5) is 5.69 Å². The first-order chi connectivity index (χ1) is 8.16. The summed E-state index contributed by atoms with van der Waals surface area (Å²) in [6.45, 7) is 1.10. The second-order valence-corrected chi connectivity index (χ2v) is 4.02. The maximum atomic E-state index is 10.6. The molecule has 0 spiro atoms. The van der Waals surface area contributed by atoms with Gasteiger partial charge in [-0.05, 0) is 18.6 Å². The molecule has 1 aliphatic rings. The van der Waals surface area contributed by atoms with Gasteiger partial charge in [0.1, 0.15) is 5.15 Å². The number of halogens is 1. The third kappa shape index (κ3) is 2.91. The second kappa shape index (κ2) is 5.09. The fourth-order valence-electron chi connectivity index (χ4n) is 1.71. The lowest BCUT2D eigenvalue weighted by Crippen LogP contribution is -2.39. The Morgan fingerprint density at radius 3 is 3.00 bits per heavy atom. The number of anilines is 1. The summed E-state index contributed by atoms with van der Waals surface area (Å²) in [5.74, 6) is 0.477. The fourth-order valence-corrected chi connectivity index (χ4v) is 1.82. The van der Waals surface area contributed by atoms with Crippen LogP contribution in [0.2, 0.25) is 5.15 Å². The Labute approximate surface area is 103 Å². The molecule has 0 fully saturated rings. The van der Waals surface area contributed by atoms with Crippen molar-refractivity contribution >= 4 is 23.1 Å². The first-order valence-corrected chi connectivity index (χ1v) is 5.59. The van der Waals surface area contributed by atoms with Crippen LogP contribution in [0.3, 0.4) is 0 Å². The van der Waals surface area contributed by atoms with Gasteiger partial charge in [0.25, 0.3) is 6.54 Å². The summed E-state index contributed by atoms with van der Waals surface area (Å²) >= 11 is 5.70. The minimum atomic E-state index is -0.375. The Balaban J connectivity index is 2.23. The molecule has 0 saturated heterocycles. The standard InChI is InChI=1S/C10H11ClN4O2/c11-9-3-2-8(6-13-9)14-5-1-4-12-10(14)7-15(16)17/h2-3,6H,1,4-5,7H2. The summed E-state index contributed by atoms with van der Waals surface area (Å²) in [4.78, 5) is 20.2. The largest absolute Gasteiger partial charge is 0.323 e. The van der Waals surface area contributed by atoms with E-state index in [1.165, 1.54) is 0 Å². The first-order valence-electron chi connectivity index (χ1n) is 5.21. The topological polar surface area (TPSA) is 71.6 Å². The van der Waals surface area contributed by atoms with Crippen molar-refractivity contribution in [1.29, 1.82) is 0 Å². The number of nitrogens with zero attached hydrogens (tertiary/aromatic N) is 4. The Hall–Kier alpha value is -1.69. The maximum absolute atomic E-state index is 10.6. The lowest BCUT2D eigenvalue weighted by atomic mass is 10.2. The van der Waals surface area contributed by atoms with Gasteiger partial charge >= 0.3 is 0 Å². The van der Waals surface area contributed by atoms with Gasteiger partial charge < -0.3 is 4.90 Å². The number of rotatable bonds is 3. The summed E-state index contributed by atoms with van der Waals surface area (Å²) < 4.78 is 0. The van der Waals surface area contributed by atoms with Crippen LogP contribution in [0.15, 0.2) is 23.3 Å². The molecular weight excluding hydrogens is 244 g/mol. The van der Waals surface area contributed by atoms with Crippen LogP contribution in [-0.2, 0) is 0 Å². The predicted octanol–water partition coefficient (Wildman–Crippen LogP) is 1.62. The quantitative estimate of drug-likeness (QED) is 0.467. The van der Waals surface area contributed by atoms with Crippen molar-refractivity contribution in [2.24, 2.45) is 4.99 Å². The molecule has 0 aromatic carbocycles. The number of hydrogen-bond donors (Lipinski definition) is 0. The summed E-state index contributed by atoms with van der Waals surface area (Å²) in [7, 11) is 0. The molecule has 2 heterocycles. The van der Waals surface area contributed by atoms with Gasteiger partial charge in [0.15, 0.2) is 5.84 Å². The fraction of sp³-hybridized carbons (Fsp3) is 0.400. The van der Waals surface area contributed by atoms with Gasteiger partial charge in [-0.3, -0.25) is 15.1 Å². The summed E-state index contributed by atoms with van der Waals surface area (Å²) in [6, 6.07) is 3.45. The third-order valence-corrected chi connectivity index (χ3v) is 2.66. The molecule has 6 nitrogen and oxygen atoms in total. The molecule has 0 bridgehead atoms. The van der Waals surface area contributed by atoms with E-state index in [-0.39, 0.29) is 11.5 Å². The normalized spacial score (nSPS) is 15.6. The highest BCUT2D eigenvalue weighted by molar-refractivity contribution is 6.29. The zero-order chi connectivity index (χ0) is 12.3. The number of aromatic nitrogens is 1. The molecule has 17 heavy (non-hydrogen) atoms. The van der Waals surface area contributed by atoms with Gasteiger partial charge in [0.2, 0.25) is 0 Å². The van der Waals surface area contributed by atoms with E-state index in [1.54, 1.807) is 18.3 Å². The molecule has 1 aliphatic heterocycles. The zero-order valence-corrected chi connectivity index (χ0v) is 9.80. The highest BCUT2D eigenvalue weighted by Crippen LogP contribution is 2.18. The smallest absolute Gasteiger partial charge is 0.260 e. The van der Waals surface area contributed by atoms with E-state index in [1.807, 2.05) is 4.90 Å². The molecule has 0 atom stereocenters. The molecule has 1 aromatic rings. The number of hydrogen-bond acceptors (Lipinski definition) is 5. The highest BCUT2D eigenvalue weighted by Gasteiger charge is 2.21. The van der Waals surface area contributed by atoms with Crippen LogP contribution >= 0.6 is 11.6 Å². The Kier molecular flexibility index (Phi) is 3.53. The highest BCUT2D eigenvalue weighted by atomic mass is 35.5. The predicted molar refractivity (Wildman–Crippen MR) is 65.4 cm³/mol. The van der Waals surface area contributed by atoms with E-state index >= 15 is 0 Å². The first kappa shape index (κ1) is 11.8. The van der Waals surface area contributed by atoms with E-state index < -0.39 is 0 Å². The van der Waals surface area contributed by atoms with Crippen LogP contribution < -0.4 is 4.90 Å². The van der Waals surface area contributed by atoms with Gasteiger partial charge in [0.05, 0.1) is 11.9 Å². The van der Waals surface area contributed by atoms with Crippen LogP contribution in [0.1, 0.15) is 6.42 Å². The molecule has 7 heteroatoms. The molecule has 0 N–H and O–H groups in total. The lowest BCUT2D eigenvalue weighted by Gasteiger charge is -2.27. The maximum Gasteiger partial charge on any atom is 0.260 e. The van der Waals surface area contributed by atoms with Crippen LogP contribution in [0.5, 0.6) is 0 Å². The monoisotopic (exact) mass is 254 g/mol. The average molecular weight is 255 g/mol. The average Bonchev–Trinajstić information content (AvgIpc) is 2.30. The van der Waals surface area contributed by atoms with E-state index in [0.29, 0.717) is 17.5 Å². The third-order valence-electron chi connectivity index (χ3n) is 2.44. The van der Waals surface area contributed by atoms with Gasteiger partial charge in [0, 0.05) is 18.0 Å². The van der Waals surface area contributed by atoms with Crippen molar-refractivity contribution in [1.82, 2.24) is 4.98 Å². The molecule has 2 rings (SSSR count). The van der Waals surface area contributed by atoms with Gasteiger partial charge in [-0.25, -0.2) is 4.98 Å². The number of amidine groups is 1. The summed E-state index contributed by atoms with van der Waals surface area (Å²) in [5.41, 5.74) is 0.787. The zero-order valence-electron chi connectivity index (χ0n) is 9.04. The van der Waals surface area contributed by atoms with E-state index in [9.17, 15) is 10.1 Å². The van der Waals surface area contributed by atoms with Crippen molar-refractivity contribution in [3.63, 3.8) is 0 Å². The minimum Gasteiger partial charge on any atom is -0.323 e. The number of aliphatic imine (C=N–C) groups is 1. The van der Waals surface area contributed by atoms with E-state index in [2.05, 4.69) is 9.98 Å². The minimum absolute atomic E-state index is 0.261. The van der Waals surface area contributed by atoms with Crippen molar-refractivity contribution in [3.8, 4) is 0 Å². The molecule has 0 radical (unpaired) electrons. The summed E-state index contributed by atoms with van der Waals surface area (Å²) in [5, 5.41) is 11.0. The molecule has 1 aromatic heterocycles. The van der Waals surface area contributed by atoms with Crippen molar-refractivity contribution in [2.75, 3.05) is 24.5 Å². The Morgan fingerprint density at radius 2 is 2.35 bits per heavy atom. The molecule has 0 unspecified atom stereocenters. The molecular formula is C10H11ClN4O2. The molecule has 90 valence electrons.